The third-order valence-electron chi connectivity index (χ3n) is 4.20. The molecule has 1 aromatic carbocycles. The lowest BCUT2D eigenvalue weighted by atomic mass is 10.2. The largest absolute Gasteiger partial charge is 0.338 e. The fourth-order valence-electron chi connectivity index (χ4n) is 2.81. The first-order valence-electron chi connectivity index (χ1n) is 8.38. The SMILES string of the molecule is Cc1noc(CN2CCN(CC(=O)Nc3ccc([N+](=O)[O-])cc3Br)CC2)n1. The molecule has 1 amide bonds. The van der Waals surface area contributed by atoms with Crippen molar-refractivity contribution in [1.29, 1.82) is 0 Å². The van der Waals surface area contributed by atoms with Gasteiger partial charge in [-0.25, -0.2) is 0 Å². The van der Waals surface area contributed by atoms with Gasteiger partial charge in [0.2, 0.25) is 11.8 Å². The molecule has 10 nitrogen and oxygen atoms in total. The number of rotatable bonds is 6. The van der Waals surface area contributed by atoms with E-state index in [1.165, 1.54) is 18.2 Å². The second-order valence-corrected chi connectivity index (χ2v) is 7.11. The number of anilines is 1. The number of hydrogen-bond acceptors (Lipinski definition) is 8. The van der Waals surface area contributed by atoms with Gasteiger partial charge in [0.15, 0.2) is 5.82 Å². The van der Waals surface area contributed by atoms with Crippen molar-refractivity contribution < 1.29 is 14.2 Å². The molecule has 1 aliphatic rings. The zero-order chi connectivity index (χ0) is 19.4. The van der Waals surface area contributed by atoms with Crippen LogP contribution < -0.4 is 5.32 Å². The van der Waals surface area contributed by atoms with Gasteiger partial charge in [0.1, 0.15) is 0 Å². The summed E-state index contributed by atoms with van der Waals surface area (Å²) < 4.78 is 5.61. The zero-order valence-electron chi connectivity index (χ0n) is 14.7. The Labute approximate surface area is 163 Å². The minimum atomic E-state index is -0.481. The monoisotopic (exact) mass is 438 g/mol. The first-order valence-corrected chi connectivity index (χ1v) is 9.17. The number of non-ortho nitro benzene ring substituents is 1. The Kier molecular flexibility index (Phi) is 6.14. The van der Waals surface area contributed by atoms with E-state index >= 15 is 0 Å². The van der Waals surface area contributed by atoms with Crippen molar-refractivity contribution in [2.45, 2.75) is 13.5 Å². The molecule has 3 rings (SSSR count). The van der Waals surface area contributed by atoms with E-state index in [2.05, 4.69) is 41.2 Å². The number of carbonyl (C=O) groups excluding carboxylic acids is 1. The number of carbonyl (C=O) groups is 1. The number of aromatic nitrogens is 2. The Morgan fingerprint density at radius 3 is 2.63 bits per heavy atom. The van der Waals surface area contributed by atoms with Crippen LogP contribution in [0.4, 0.5) is 11.4 Å². The summed E-state index contributed by atoms with van der Waals surface area (Å²) in [6.45, 7) is 5.76. The van der Waals surface area contributed by atoms with Gasteiger partial charge < -0.3 is 9.84 Å². The molecule has 27 heavy (non-hydrogen) atoms. The molecule has 1 aliphatic heterocycles. The van der Waals surface area contributed by atoms with Crippen molar-refractivity contribution in [3.8, 4) is 0 Å². The van der Waals surface area contributed by atoms with Crippen LogP contribution in [-0.4, -0.2) is 63.5 Å². The maximum absolute atomic E-state index is 12.3. The minimum absolute atomic E-state index is 0.0348. The van der Waals surface area contributed by atoms with E-state index in [-0.39, 0.29) is 18.1 Å². The topological polar surface area (TPSA) is 118 Å². The Morgan fingerprint density at radius 2 is 2.04 bits per heavy atom. The van der Waals surface area contributed by atoms with E-state index in [4.69, 9.17) is 4.52 Å². The molecule has 0 saturated carbocycles. The van der Waals surface area contributed by atoms with Crippen molar-refractivity contribution in [1.82, 2.24) is 19.9 Å². The summed E-state index contributed by atoms with van der Waals surface area (Å²) in [7, 11) is 0. The van der Waals surface area contributed by atoms with Gasteiger partial charge in [-0.15, -0.1) is 0 Å². The molecule has 2 heterocycles. The molecule has 0 aliphatic carbocycles. The third-order valence-corrected chi connectivity index (χ3v) is 4.85. The van der Waals surface area contributed by atoms with E-state index in [0.717, 1.165) is 26.2 Å². The predicted molar refractivity (Wildman–Crippen MR) is 100 cm³/mol. The summed E-state index contributed by atoms with van der Waals surface area (Å²) in [5.74, 6) is 1.06. The molecule has 1 fully saturated rings. The molecule has 0 bridgehead atoms. The van der Waals surface area contributed by atoms with Crippen molar-refractivity contribution in [2.75, 3.05) is 38.0 Å². The Balaban J connectivity index is 1.46. The zero-order valence-corrected chi connectivity index (χ0v) is 16.3. The molecule has 1 aromatic heterocycles. The highest BCUT2D eigenvalue weighted by atomic mass is 79.9. The van der Waals surface area contributed by atoms with E-state index < -0.39 is 4.92 Å². The Hall–Kier alpha value is -2.37. The summed E-state index contributed by atoms with van der Waals surface area (Å²) in [6.07, 6.45) is 0. The number of nitro benzene ring substituents is 1. The molecule has 1 N–H and O–H groups in total. The van der Waals surface area contributed by atoms with E-state index in [1.54, 1.807) is 6.92 Å². The van der Waals surface area contributed by atoms with Crippen molar-refractivity contribution in [2.24, 2.45) is 0 Å². The summed E-state index contributed by atoms with van der Waals surface area (Å²) in [5, 5.41) is 17.3. The van der Waals surface area contributed by atoms with Gasteiger partial charge in [-0.3, -0.25) is 24.7 Å². The van der Waals surface area contributed by atoms with Crippen molar-refractivity contribution in [3.05, 3.63) is 44.5 Å². The van der Waals surface area contributed by atoms with Gasteiger partial charge in [0.25, 0.3) is 5.69 Å². The molecular weight excluding hydrogens is 420 g/mol. The van der Waals surface area contributed by atoms with Crippen LogP contribution in [0.25, 0.3) is 0 Å². The molecule has 144 valence electrons. The molecule has 11 heteroatoms. The number of amides is 1. The van der Waals surface area contributed by atoms with Gasteiger partial charge in [0.05, 0.1) is 23.7 Å². The van der Waals surface area contributed by atoms with Crippen molar-refractivity contribution in [3.63, 3.8) is 0 Å². The standard InChI is InChI=1S/C16H19BrN6O4/c1-11-18-16(27-20-11)10-22-6-4-21(5-7-22)9-15(24)19-14-3-2-12(23(25)26)8-13(14)17/h2-3,8H,4-7,9-10H2,1H3,(H,19,24). The Bertz CT molecular complexity index is 834. The quantitative estimate of drug-likeness (QED) is 0.535. The van der Waals surface area contributed by atoms with Crippen LogP contribution in [0.2, 0.25) is 0 Å². The lowest BCUT2D eigenvalue weighted by molar-refractivity contribution is -0.384. The molecule has 1 saturated heterocycles. The molecule has 2 aromatic rings. The highest BCUT2D eigenvalue weighted by Crippen LogP contribution is 2.27. The maximum Gasteiger partial charge on any atom is 0.270 e. The molecule has 0 radical (unpaired) electrons. The summed E-state index contributed by atoms with van der Waals surface area (Å²) in [5.41, 5.74) is 0.475. The number of aryl methyl sites for hydroxylation is 1. The van der Waals surface area contributed by atoms with Crippen LogP contribution in [0.1, 0.15) is 11.7 Å². The van der Waals surface area contributed by atoms with Crippen LogP contribution >= 0.6 is 15.9 Å². The second-order valence-electron chi connectivity index (χ2n) is 6.26. The predicted octanol–water partition coefficient (Wildman–Crippen LogP) is 1.81. The van der Waals surface area contributed by atoms with Crippen LogP contribution in [0, 0.1) is 17.0 Å². The smallest absolute Gasteiger partial charge is 0.270 e. The molecular formula is C16H19BrN6O4. The average molecular weight is 439 g/mol. The van der Waals surface area contributed by atoms with Gasteiger partial charge in [0, 0.05) is 42.8 Å². The fraction of sp³-hybridized carbons (Fsp3) is 0.438. The first-order chi connectivity index (χ1) is 12.9. The number of nitro groups is 1. The highest BCUT2D eigenvalue weighted by Gasteiger charge is 2.21. The first kappa shape index (κ1) is 19.4. The summed E-state index contributed by atoms with van der Waals surface area (Å²) >= 11 is 3.25. The highest BCUT2D eigenvalue weighted by molar-refractivity contribution is 9.10. The normalized spacial score (nSPS) is 15.6. The molecule has 0 unspecified atom stereocenters. The number of piperazine rings is 1. The van der Waals surface area contributed by atoms with Crippen LogP contribution in [0.15, 0.2) is 27.2 Å². The summed E-state index contributed by atoms with van der Waals surface area (Å²) in [4.78, 5) is 31.0. The fourth-order valence-corrected chi connectivity index (χ4v) is 3.28. The number of nitrogens with zero attached hydrogens (tertiary/aromatic N) is 5. The molecule has 0 spiro atoms. The number of nitrogens with one attached hydrogen (secondary N) is 1. The van der Waals surface area contributed by atoms with E-state index in [0.29, 0.717) is 28.4 Å². The third kappa shape index (κ3) is 5.31. The van der Waals surface area contributed by atoms with Crippen LogP contribution in [0.3, 0.4) is 0 Å². The van der Waals surface area contributed by atoms with Crippen LogP contribution in [0.5, 0.6) is 0 Å². The van der Waals surface area contributed by atoms with Gasteiger partial charge in [-0.2, -0.15) is 4.98 Å². The van der Waals surface area contributed by atoms with Crippen LogP contribution in [-0.2, 0) is 11.3 Å². The number of halogens is 1. The Morgan fingerprint density at radius 1 is 1.33 bits per heavy atom. The number of benzene rings is 1. The lowest BCUT2D eigenvalue weighted by Gasteiger charge is -2.33. The van der Waals surface area contributed by atoms with Gasteiger partial charge in [-0.05, 0) is 28.9 Å². The van der Waals surface area contributed by atoms with Crippen molar-refractivity contribution >= 4 is 33.2 Å². The average Bonchev–Trinajstić information content (AvgIpc) is 3.03. The lowest BCUT2D eigenvalue weighted by Crippen LogP contribution is -2.48. The van der Waals surface area contributed by atoms with Gasteiger partial charge >= 0.3 is 0 Å². The number of hydrogen-bond donors (Lipinski definition) is 1. The van der Waals surface area contributed by atoms with E-state index in [9.17, 15) is 14.9 Å². The molecule has 0 atom stereocenters. The van der Waals surface area contributed by atoms with Gasteiger partial charge in [-0.1, -0.05) is 5.16 Å². The minimum Gasteiger partial charge on any atom is -0.338 e. The second kappa shape index (κ2) is 8.55. The maximum atomic E-state index is 12.3. The van der Waals surface area contributed by atoms with E-state index in [1.807, 2.05) is 0 Å². The summed E-state index contributed by atoms with van der Waals surface area (Å²) in [6, 6.07) is 4.25.